The lowest BCUT2D eigenvalue weighted by Crippen LogP contribution is -2.15. The minimum absolute atomic E-state index is 0.568. The minimum Gasteiger partial charge on any atom is -0.468 e. The Hall–Kier alpha value is -0.840. The van der Waals surface area contributed by atoms with Gasteiger partial charge in [0.1, 0.15) is 5.76 Å². The van der Waals surface area contributed by atoms with Crippen LogP contribution >= 0.6 is 0 Å². The number of furan rings is 1. The van der Waals surface area contributed by atoms with E-state index in [2.05, 4.69) is 12.2 Å². The Labute approximate surface area is 109 Å². The summed E-state index contributed by atoms with van der Waals surface area (Å²) in [6, 6.07) is 1.99. The first kappa shape index (κ1) is 13.6. The molecule has 1 fully saturated rings. The van der Waals surface area contributed by atoms with Crippen LogP contribution in [0.3, 0.4) is 0 Å². The molecule has 0 amide bonds. The van der Waals surface area contributed by atoms with E-state index in [9.17, 15) is 0 Å². The van der Waals surface area contributed by atoms with Crippen molar-refractivity contribution in [2.45, 2.75) is 32.9 Å². The molecule has 18 heavy (non-hydrogen) atoms. The van der Waals surface area contributed by atoms with Gasteiger partial charge in [-0.05, 0) is 25.5 Å². The molecule has 1 N–H and O–H groups in total. The SMILES string of the molecule is CCCNCc1occc1COCC1CCOC1. The summed E-state index contributed by atoms with van der Waals surface area (Å²) in [4.78, 5) is 0. The maximum Gasteiger partial charge on any atom is 0.123 e. The van der Waals surface area contributed by atoms with E-state index in [0.717, 1.165) is 57.1 Å². The van der Waals surface area contributed by atoms with Gasteiger partial charge in [0.15, 0.2) is 0 Å². The van der Waals surface area contributed by atoms with Gasteiger partial charge in [-0.3, -0.25) is 0 Å². The van der Waals surface area contributed by atoms with Gasteiger partial charge < -0.3 is 19.2 Å². The van der Waals surface area contributed by atoms with Gasteiger partial charge in [0.05, 0.1) is 32.6 Å². The molecule has 1 aromatic rings. The fraction of sp³-hybridized carbons (Fsp3) is 0.714. The molecule has 1 atom stereocenters. The quantitative estimate of drug-likeness (QED) is 0.722. The van der Waals surface area contributed by atoms with Crippen LogP contribution < -0.4 is 5.32 Å². The second-order valence-corrected chi connectivity index (χ2v) is 4.79. The van der Waals surface area contributed by atoms with Crippen molar-refractivity contribution < 1.29 is 13.9 Å². The van der Waals surface area contributed by atoms with Crippen LogP contribution in [0.25, 0.3) is 0 Å². The highest BCUT2D eigenvalue weighted by Gasteiger charge is 2.16. The van der Waals surface area contributed by atoms with Crippen LogP contribution in [-0.2, 0) is 22.6 Å². The van der Waals surface area contributed by atoms with Crippen LogP contribution in [0, 0.1) is 5.92 Å². The van der Waals surface area contributed by atoms with E-state index in [4.69, 9.17) is 13.9 Å². The Kier molecular flexibility index (Phi) is 5.71. The average molecular weight is 253 g/mol. The molecule has 0 aromatic carbocycles. The second kappa shape index (κ2) is 7.56. The summed E-state index contributed by atoms with van der Waals surface area (Å²) in [5.41, 5.74) is 1.15. The molecule has 4 heteroatoms. The number of ether oxygens (including phenoxy) is 2. The fourth-order valence-corrected chi connectivity index (χ4v) is 2.08. The van der Waals surface area contributed by atoms with Crippen molar-refractivity contribution in [2.75, 3.05) is 26.4 Å². The van der Waals surface area contributed by atoms with Gasteiger partial charge >= 0.3 is 0 Å². The third-order valence-electron chi connectivity index (χ3n) is 3.19. The molecular weight excluding hydrogens is 230 g/mol. The van der Waals surface area contributed by atoms with Crippen molar-refractivity contribution in [2.24, 2.45) is 5.92 Å². The standard InChI is InChI=1S/C14H23NO3/c1-2-5-15-8-14-13(4-7-18-14)11-17-10-12-3-6-16-9-12/h4,7,12,15H,2-3,5-6,8-11H2,1H3. The van der Waals surface area contributed by atoms with Gasteiger partial charge in [-0.1, -0.05) is 6.92 Å². The predicted molar refractivity (Wildman–Crippen MR) is 69.3 cm³/mol. The van der Waals surface area contributed by atoms with Gasteiger partial charge in [0.25, 0.3) is 0 Å². The zero-order valence-corrected chi connectivity index (χ0v) is 11.1. The Morgan fingerprint density at radius 1 is 1.50 bits per heavy atom. The molecule has 0 radical (unpaired) electrons. The molecule has 2 rings (SSSR count). The summed E-state index contributed by atoms with van der Waals surface area (Å²) in [5.74, 6) is 1.56. The lowest BCUT2D eigenvalue weighted by Gasteiger charge is -2.09. The topological polar surface area (TPSA) is 43.6 Å². The molecule has 1 aromatic heterocycles. The first-order chi connectivity index (χ1) is 8.90. The van der Waals surface area contributed by atoms with Crippen LogP contribution in [0.5, 0.6) is 0 Å². The summed E-state index contributed by atoms with van der Waals surface area (Å²) in [6.07, 6.45) is 3.99. The Balaban J connectivity index is 1.69. The third kappa shape index (κ3) is 4.12. The zero-order valence-electron chi connectivity index (χ0n) is 11.1. The van der Waals surface area contributed by atoms with Gasteiger partial charge in [0.2, 0.25) is 0 Å². The molecule has 0 saturated carbocycles. The zero-order chi connectivity index (χ0) is 12.6. The summed E-state index contributed by atoms with van der Waals surface area (Å²) in [7, 11) is 0. The van der Waals surface area contributed by atoms with E-state index in [1.165, 1.54) is 0 Å². The Bertz CT molecular complexity index is 332. The first-order valence-electron chi connectivity index (χ1n) is 6.81. The Morgan fingerprint density at radius 2 is 2.44 bits per heavy atom. The van der Waals surface area contributed by atoms with Gasteiger partial charge in [-0.2, -0.15) is 0 Å². The van der Waals surface area contributed by atoms with Crippen molar-refractivity contribution in [1.29, 1.82) is 0 Å². The Morgan fingerprint density at radius 3 is 3.22 bits per heavy atom. The van der Waals surface area contributed by atoms with Crippen molar-refractivity contribution in [3.63, 3.8) is 0 Å². The highest BCUT2D eigenvalue weighted by atomic mass is 16.5. The van der Waals surface area contributed by atoms with Crippen LogP contribution in [0.15, 0.2) is 16.7 Å². The van der Waals surface area contributed by atoms with Crippen molar-refractivity contribution >= 4 is 0 Å². The van der Waals surface area contributed by atoms with Gasteiger partial charge in [-0.15, -0.1) is 0 Å². The normalized spacial score (nSPS) is 19.5. The molecule has 4 nitrogen and oxygen atoms in total. The molecule has 1 aliphatic heterocycles. The van der Waals surface area contributed by atoms with E-state index in [0.29, 0.717) is 12.5 Å². The lowest BCUT2D eigenvalue weighted by atomic mass is 10.1. The van der Waals surface area contributed by atoms with Crippen LogP contribution in [0.4, 0.5) is 0 Å². The molecule has 1 unspecified atom stereocenters. The maximum atomic E-state index is 5.74. The number of rotatable bonds is 8. The molecule has 2 heterocycles. The van der Waals surface area contributed by atoms with Crippen molar-refractivity contribution in [3.05, 3.63) is 23.7 Å². The summed E-state index contributed by atoms with van der Waals surface area (Å²) >= 11 is 0. The maximum absolute atomic E-state index is 5.74. The summed E-state index contributed by atoms with van der Waals surface area (Å²) in [5, 5.41) is 3.34. The van der Waals surface area contributed by atoms with Crippen molar-refractivity contribution in [1.82, 2.24) is 5.32 Å². The highest BCUT2D eigenvalue weighted by Crippen LogP contribution is 2.15. The second-order valence-electron chi connectivity index (χ2n) is 4.79. The van der Waals surface area contributed by atoms with E-state index in [1.54, 1.807) is 6.26 Å². The number of hydrogen-bond acceptors (Lipinski definition) is 4. The molecule has 0 aliphatic carbocycles. The molecule has 0 bridgehead atoms. The summed E-state index contributed by atoms with van der Waals surface area (Å²) in [6.45, 7) is 7.10. The average Bonchev–Trinajstić information content (AvgIpc) is 3.02. The van der Waals surface area contributed by atoms with E-state index < -0.39 is 0 Å². The van der Waals surface area contributed by atoms with Crippen molar-refractivity contribution in [3.8, 4) is 0 Å². The van der Waals surface area contributed by atoms with E-state index >= 15 is 0 Å². The first-order valence-corrected chi connectivity index (χ1v) is 6.81. The van der Waals surface area contributed by atoms with Gasteiger partial charge in [0, 0.05) is 18.1 Å². The molecule has 0 spiro atoms. The fourth-order valence-electron chi connectivity index (χ4n) is 2.08. The lowest BCUT2D eigenvalue weighted by molar-refractivity contribution is 0.0782. The third-order valence-corrected chi connectivity index (χ3v) is 3.19. The molecular formula is C14H23NO3. The van der Waals surface area contributed by atoms with Crippen LogP contribution in [0.2, 0.25) is 0 Å². The smallest absolute Gasteiger partial charge is 0.123 e. The van der Waals surface area contributed by atoms with Crippen LogP contribution in [-0.4, -0.2) is 26.4 Å². The monoisotopic (exact) mass is 253 g/mol. The predicted octanol–water partition coefficient (Wildman–Crippen LogP) is 2.33. The number of hydrogen-bond donors (Lipinski definition) is 1. The molecule has 102 valence electrons. The summed E-state index contributed by atoms with van der Waals surface area (Å²) < 4.78 is 16.5. The highest BCUT2D eigenvalue weighted by molar-refractivity contribution is 5.15. The number of nitrogens with one attached hydrogen (secondary N) is 1. The van der Waals surface area contributed by atoms with Gasteiger partial charge in [-0.25, -0.2) is 0 Å². The van der Waals surface area contributed by atoms with E-state index in [1.807, 2.05) is 6.07 Å². The molecule has 1 aliphatic rings. The van der Waals surface area contributed by atoms with Crippen LogP contribution in [0.1, 0.15) is 31.1 Å². The largest absolute Gasteiger partial charge is 0.468 e. The minimum atomic E-state index is 0.568. The molecule has 1 saturated heterocycles. The van der Waals surface area contributed by atoms with E-state index in [-0.39, 0.29) is 0 Å².